The summed E-state index contributed by atoms with van der Waals surface area (Å²) in [6, 6.07) is 4.48. The number of nitrogens with one attached hydrogen (secondary N) is 2. The van der Waals surface area contributed by atoms with Crippen molar-refractivity contribution in [1.29, 1.82) is 0 Å². The van der Waals surface area contributed by atoms with Crippen LogP contribution in [0, 0.1) is 11.6 Å². The van der Waals surface area contributed by atoms with Crippen molar-refractivity contribution in [2.75, 3.05) is 17.2 Å². The molecule has 0 aliphatic rings. The summed E-state index contributed by atoms with van der Waals surface area (Å²) < 4.78 is 27.9. The minimum absolute atomic E-state index is 0.0793. The summed E-state index contributed by atoms with van der Waals surface area (Å²) in [6.07, 6.45) is 1.93. The first kappa shape index (κ1) is 14.6. The van der Waals surface area contributed by atoms with Crippen molar-refractivity contribution in [3.8, 4) is 0 Å². The summed E-state index contributed by atoms with van der Waals surface area (Å²) in [5.41, 5.74) is 0.131. The molecule has 2 aromatic rings. The molecule has 0 unspecified atom stereocenters. The highest BCUT2D eigenvalue weighted by Gasteiger charge is 2.12. The van der Waals surface area contributed by atoms with Crippen molar-refractivity contribution in [1.82, 2.24) is 9.97 Å². The van der Waals surface area contributed by atoms with Gasteiger partial charge in [0, 0.05) is 11.0 Å². The Morgan fingerprint density at radius 1 is 1.25 bits per heavy atom. The van der Waals surface area contributed by atoms with E-state index in [1.165, 1.54) is 6.07 Å². The van der Waals surface area contributed by atoms with Gasteiger partial charge in [-0.2, -0.15) is 4.98 Å². The van der Waals surface area contributed by atoms with E-state index in [0.29, 0.717) is 17.0 Å². The van der Waals surface area contributed by atoms with E-state index in [0.717, 1.165) is 12.6 Å². The molecule has 0 saturated carbocycles. The first-order valence-electron chi connectivity index (χ1n) is 6.09. The fourth-order valence-electron chi connectivity index (χ4n) is 1.51. The summed E-state index contributed by atoms with van der Waals surface area (Å²) in [5.74, 6) is -0.935. The van der Waals surface area contributed by atoms with Gasteiger partial charge in [0.25, 0.3) is 0 Å². The molecular formula is C13H13BrF2N4. The molecule has 0 radical (unpaired) electrons. The molecule has 1 aromatic heterocycles. The van der Waals surface area contributed by atoms with Crippen LogP contribution in [0.25, 0.3) is 0 Å². The van der Waals surface area contributed by atoms with Crippen LogP contribution in [-0.4, -0.2) is 16.5 Å². The third-order valence-electron chi connectivity index (χ3n) is 2.48. The number of para-hydroxylation sites is 1. The number of nitrogens with zero attached hydrogens (tertiary/aromatic N) is 2. The number of rotatable bonds is 5. The lowest BCUT2D eigenvalue weighted by Crippen LogP contribution is -2.07. The highest BCUT2D eigenvalue weighted by atomic mass is 79.9. The van der Waals surface area contributed by atoms with E-state index in [4.69, 9.17) is 0 Å². The number of anilines is 3. The van der Waals surface area contributed by atoms with Gasteiger partial charge in [-0.05, 0) is 34.5 Å². The smallest absolute Gasteiger partial charge is 0.224 e. The van der Waals surface area contributed by atoms with Crippen LogP contribution < -0.4 is 10.6 Å². The van der Waals surface area contributed by atoms with Crippen molar-refractivity contribution >= 4 is 33.4 Å². The molecule has 0 amide bonds. The van der Waals surface area contributed by atoms with Crippen molar-refractivity contribution in [3.05, 3.63) is 40.5 Å². The molecule has 0 aliphatic heterocycles. The van der Waals surface area contributed by atoms with Crippen LogP contribution in [0.4, 0.5) is 26.2 Å². The van der Waals surface area contributed by atoms with Crippen molar-refractivity contribution in [2.24, 2.45) is 0 Å². The maximum Gasteiger partial charge on any atom is 0.224 e. The molecule has 7 heteroatoms. The van der Waals surface area contributed by atoms with Gasteiger partial charge in [0.2, 0.25) is 5.95 Å². The van der Waals surface area contributed by atoms with Gasteiger partial charge >= 0.3 is 0 Å². The highest BCUT2D eigenvalue weighted by Crippen LogP contribution is 2.28. The lowest BCUT2D eigenvalue weighted by atomic mass is 10.3. The first-order chi connectivity index (χ1) is 9.61. The van der Waals surface area contributed by atoms with Gasteiger partial charge in [0.05, 0.1) is 11.9 Å². The van der Waals surface area contributed by atoms with Crippen LogP contribution in [0.3, 0.4) is 0 Å². The fourth-order valence-corrected chi connectivity index (χ4v) is 1.95. The molecular weight excluding hydrogens is 330 g/mol. The standard InChI is InChI=1S/C13H13BrF2N4/c1-2-6-17-13-18-7-10(16)12(20-13)19-11-8(14)4-3-5-9(11)15/h3-5,7H,2,6H2,1H3,(H2,17,18,19,20). The van der Waals surface area contributed by atoms with Crippen molar-refractivity contribution < 1.29 is 8.78 Å². The van der Waals surface area contributed by atoms with Gasteiger partial charge in [0.1, 0.15) is 5.82 Å². The van der Waals surface area contributed by atoms with Crippen molar-refractivity contribution in [3.63, 3.8) is 0 Å². The lowest BCUT2D eigenvalue weighted by Gasteiger charge is -2.11. The van der Waals surface area contributed by atoms with Crippen LogP contribution in [-0.2, 0) is 0 Å². The molecule has 0 aliphatic carbocycles. The van der Waals surface area contributed by atoms with E-state index in [9.17, 15) is 8.78 Å². The third kappa shape index (κ3) is 3.41. The fraction of sp³-hybridized carbons (Fsp3) is 0.231. The SMILES string of the molecule is CCCNc1ncc(F)c(Nc2c(F)cccc2Br)n1. The minimum atomic E-state index is -0.651. The maximum atomic E-state index is 13.7. The lowest BCUT2D eigenvalue weighted by molar-refractivity contribution is 0.615. The largest absolute Gasteiger partial charge is 0.354 e. The van der Waals surface area contributed by atoms with Crippen LogP contribution in [0.5, 0.6) is 0 Å². The molecule has 2 rings (SSSR count). The predicted molar refractivity (Wildman–Crippen MR) is 78.2 cm³/mol. The predicted octanol–water partition coefficient (Wildman–Crippen LogP) is 4.08. The van der Waals surface area contributed by atoms with Gasteiger partial charge in [-0.15, -0.1) is 0 Å². The molecule has 106 valence electrons. The first-order valence-corrected chi connectivity index (χ1v) is 6.88. The monoisotopic (exact) mass is 342 g/mol. The number of aromatic nitrogens is 2. The molecule has 2 N–H and O–H groups in total. The average molecular weight is 343 g/mol. The quantitative estimate of drug-likeness (QED) is 0.859. The average Bonchev–Trinajstić information content (AvgIpc) is 2.43. The van der Waals surface area contributed by atoms with Gasteiger partial charge in [-0.1, -0.05) is 13.0 Å². The van der Waals surface area contributed by atoms with Crippen LogP contribution in [0.15, 0.2) is 28.9 Å². The van der Waals surface area contributed by atoms with Gasteiger partial charge in [-0.25, -0.2) is 13.8 Å². The molecule has 1 aromatic carbocycles. The molecule has 1 heterocycles. The summed E-state index contributed by atoms with van der Waals surface area (Å²) in [7, 11) is 0. The Kier molecular flexibility index (Phi) is 4.84. The van der Waals surface area contributed by atoms with E-state index >= 15 is 0 Å². The topological polar surface area (TPSA) is 49.8 Å². The maximum absolute atomic E-state index is 13.7. The number of halogens is 3. The Balaban J connectivity index is 2.28. The van der Waals surface area contributed by atoms with Crippen LogP contribution >= 0.6 is 15.9 Å². The summed E-state index contributed by atoms with van der Waals surface area (Å²) in [4.78, 5) is 7.81. The van der Waals surface area contributed by atoms with Crippen molar-refractivity contribution in [2.45, 2.75) is 13.3 Å². The summed E-state index contributed by atoms with van der Waals surface area (Å²) in [6.45, 7) is 2.67. The molecule has 0 saturated heterocycles. The van der Waals surface area contributed by atoms with E-state index in [1.807, 2.05) is 6.92 Å². The van der Waals surface area contributed by atoms with Gasteiger partial charge < -0.3 is 10.6 Å². The highest BCUT2D eigenvalue weighted by molar-refractivity contribution is 9.10. The van der Waals surface area contributed by atoms with E-state index in [-0.39, 0.29) is 11.5 Å². The zero-order chi connectivity index (χ0) is 14.5. The van der Waals surface area contributed by atoms with E-state index < -0.39 is 11.6 Å². The second kappa shape index (κ2) is 6.60. The number of hydrogen-bond donors (Lipinski definition) is 2. The third-order valence-corrected chi connectivity index (χ3v) is 3.14. The molecule has 20 heavy (non-hydrogen) atoms. The van der Waals surface area contributed by atoms with E-state index in [1.54, 1.807) is 12.1 Å². The molecule has 0 atom stereocenters. The molecule has 0 fully saturated rings. The second-order valence-corrected chi connectivity index (χ2v) is 4.89. The van der Waals surface area contributed by atoms with Crippen LogP contribution in [0.1, 0.15) is 13.3 Å². The Morgan fingerprint density at radius 3 is 2.75 bits per heavy atom. The Labute approximate surface area is 123 Å². The second-order valence-electron chi connectivity index (χ2n) is 4.04. The number of hydrogen-bond acceptors (Lipinski definition) is 4. The molecule has 0 spiro atoms. The number of benzene rings is 1. The summed E-state index contributed by atoms with van der Waals surface area (Å²) in [5, 5.41) is 5.58. The van der Waals surface area contributed by atoms with E-state index in [2.05, 4.69) is 36.5 Å². The zero-order valence-corrected chi connectivity index (χ0v) is 12.3. The Morgan fingerprint density at radius 2 is 2.05 bits per heavy atom. The Hall–Kier alpha value is -1.76. The molecule has 4 nitrogen and oxygen atoms in total. The summed E-state index contributed by atoms with van der Waals surface area (Å²) >= 11 is 3.21. The molecule has 0 bridgehead atoms. The van der Waals surface area contributed by atoms with Crippen LogP contribution in [0.2, 0.25) is 0 Å². The normalized spacial score (nSPS) is 10.4. The zero-order valence-electron chi connectivity index (χ0n) is 10.8. The van der Waals surface area contributed by atoms with Gasteiger partial charge in [-0.3, -0.25) is 0 Å². The Bertz CT molecular complexity index is 587. The van der Waals surface area contributed by atoms with Gasteiger partial charge in [0.15, 0.2) is 11.6 Å². The minimum Gasteiger partial charge on any atom is -0.354 e.